The third kappa shape index (κ3) is 18.9. The smallest absolute Gasteiger partial charge is 0.305 e. The van der Waals surface area contributed by atoms with Crippen molar-refractivity contribution in [2.24, 2.45) is 0 Å². The van der Waals surface area contributed by atoms with E-state index in [1.807, 2.05) is 6.08 Å². The number of carbonyl (C=O) groups is 1. The zero-order valence-electron chi connectivity index (χ0n) is 18.7. The SMILES string of the molecule is CCCCCCC[C@H](/C=C/CCCCCCCC(=O)OCCCCC)S(=O)(=O)O. The average Bonchev–Trinajstić information content (AvgIpc) is 2.67. The number of rotatable bonds is 20. The maximum Gasteiger partial charge on any atom is 0.305 e. The van der Waals surface area contributed by atoms with E-state index in [1.165, 1.54) is 6.42 Å². The third-order valence-electron chi connectivity index (χ3n) is 5.09. The standard InChI is InChI=1S/C23H44O5S/c1-3-5-7-11-14-18-22(29(25,26)27)19-15-12-9-8-10-13-16-20-23(24)28-21-17-6-4-2/h15,19,22H,3-14,16-18,20-21H2,1-2H3,(H,25,26,27)/b19-15+/t22-/m1/s1. The number of unbranched alkanes of at least 4 members (excludes halogenated alkanes) is 11. The van der Waals surface area contributed by atoms with Gasteiger partial charge in [-0.2, -0.15) is 8.42 Å². The van der Waals surface area contributed by atoms with E-state index in [4.69, 9.17) is 4.74 Å². The molecular weight excluding hydrogens is 388 g/mol. The molecule has 1 N–H and O–H groups in total. The van der Waals surface area contributed by atoms with Gasteiger partial charge in [0.2, 0.25) is 0 Å². The molecule has 0 heterocycles. The van der Waals surface area contributed by atoms with Crippen LogP contribution in [0.4, 0.5) is 0 Å². The normalized spacial score (nSPS) is 13.1. The Morgan fingerprint density at radius 1 is 0.862 bits per heavy atom. The van der Waals surface area contributed by atoms with Crippen LogP contribution < -0.4 is 0 Å². The van der Waals surface area contributed by atoms with Crippen LogP contribution in [0.3, 0.4) is 0 Å². The van der Waals surface area contributed by atoms with E-state index in [1.54, 1.807) is 6.08 Å². The zero-order valence-corrected chi connectivity index (χ0v) is 19.6. The minimum Gasteiger partial charge on any atom is -0.466 e. The summed E-state index contributed by atoms with van der Waals surface area (Å²) in [7, 11) is -4.01. The predicted molar refractivity (Wildman–Crippen MR) is 121 cm³/mol. The van der Waals surface area contributed by atoms with Gasteiger partial charge in [-0.25, -0.2) is 0 Å². The van der Waals surface area contributed by atoms with Gasteiger partial charge in [0, 0.05) is 6.42 Å². The minimum absolute atomic E-state index is 0.0880. The first-order chi connectivity index (χ1) is 13.9. The van der Waals surface area contributed by atoms with E-state index in [2.05, 4.69) is 13.8 Å². The zero-order chi connectivity index (χ0) is 21.8. The Balaban J connectivity index is 3.76. The van der Waals surface area contributed by atoms with Crippen LogP contribution in [0.5, 0.6) is 0 Å². The first-order valence-corrected chi connectivity index (χ1v) is 13.2. The third-order valence-corrected chi connectivity index (χ3v) is 6.25. The van der Waals surface area contributed by atoms with Gasteiger partial charge in [-0.15, -0.1) is 0 Å². The van der Waals surface area contributed by atoms with E-state index in [0.29, 0.717) is 19.4 Å². The molecule has 0 rings (SSSR count). The summed E-state index contributed by atoms with van der Waals surface area (Å²) in [4.78, 5) is 11.6. The topological polar surface area (TPSA) is 80.7 Å². The van der Waals surface area contributed by atoms with Gasteiger partial charge in [0.25, 0.3) is 10.1 Å². The lowest BCUT2D eigenvalue weighted by atomic mass is 10.1. The van der Waals surface area contributed by atoms with Gasteiger partial charge in [-0.1, -0.05) is 90.2 Å². The first kappa shape index (κ1) is 28.1. The molecule has 5 nitrogen and oxygen atoms in total. The summed E-state index contributed by atoms with van der Waals surface area (Å²) in [6.45, 7) is 4.82. The summed E-state index contributed by atoms with van der Waals surface area (Å²) in [5.41, 5.74) is 0. The lowest BCUT2D eigenvalue weighted by Gasteiger charge is -2.09. The number of esters is 1. The highest BCUT2D eigenvalue weighted by Crippen LogP contribution is 2.15. The van der Waals surface area contributed by atoms with Crippen LogP contribution in [-0.2, 0) is 19.6 Å². The van der Waals surface area contributed by atoms with Crippen LogP contribution in [0.1, 0.15) is 117 Å². The highest BCUT2D eigenvalue weighted by atomic mass is 32.2. The lowest BCUT2D eigenvalue weighted by Crippen LogP contribution is -2.17. The van der Waals surface area contributed by atoms with Crippen molar-refractivity contribution in [1.82, 2.24) is 0 Å². The number of hydrogen-bond donors (Lipinski definition) is 1. The highest BCUT2D eigenvalue weighted by Gasteiger charge is 2.18. The molecule has 0 fully saturated rings. The molecule has 29 heavy (non-hydrogen) atoms. The van der Waals surface area contributed by atoms with Gasteiger partial charge in [0.05, 0.1) is 6.61 Å². The molecule has 1 atom stereocenters. The maximum absolute atomic E-state index is 11.6. The first-order valence-electron chi connectivity index (χ1n) is 11.7. The second kappa shape index (κ2) is 19.1. The van der Waals surface area contributed by atoms with Crippen LogP contribution in [0.15, 0.2) is 12.2 Å². The Labute approximate surface area is 179 Å². The summed E-state index contributed by atoms with van der Waals surface area (Å²) in [5.74, 6) is -0.0880. The Morgan fingerprint density at radius 3 is 2.14 bits per heavy atom. The molecule has 0 amide bonds. The Morgan fingerprint density at radius 2 is 1.45 bits per heavy atom. The molecule has 0 aliphatic carbocycles. The molecule has 0 saturated heterocycles. The van der Waals surface area contributed by atoms with Gasteiger partial charge in [-0.05, 0) is 32.1 Å². The molecule has 0 bridgehead atoms. The quantitative estimate of drug-likeness (QED) is 0.101. The largest absolute Gasteiger partial charge is 0.466 e. The minimum atomic E-state index is -4.01. The van der Waals surface area contributed by atoms with Crippen LogP contribution >= 0.6 is 0 Å². The summed E-state index contributed by atoms with van der Waals surface area (Å²) < 4.78 is 37.6. The molecule has 0 aromatic carbocycles. The van der Waals surface area contributed by atoms with Crippen molar-refractivity contribution in [2.75, 3.05) is 6.61 Å². The van der Waals surface area contributed by atoms with Crippen molar-refractivity contribution in [2.45, 2.75) is 122 Å². The second-order valence-electron chi connectivity index (χ2n) is 7.92. The van der Waals surface area contributed by atoms with Crippen molar-refractivity contribution in [3.8, 4) is 0 Å². The monoisotopic (exact) mass is 432 g/mol. The van der Waals surface area contributed by atoms with E-state index < -0.39 is 15.4 Å². The fraction of sp³-hybridized carbons (Fsp3) is 0.870. The van der Waals surface area contributed by atoms with E-state index >= 15 is 0 Å². The molecule has 6 heteroatoms. The number of hydrogen-bond acceptors (Lipinski definition) is 4. The summed E-state index contributed by atoms with van der Waals surface area (Å²) >= 11 is 0. The average molecular weight is 433 g/mol. The van der Waals surface area contributed by atoms with Gasteiger partial charge >= 0.3 is 5.97 Å². The van der Waals surface area contributed by atoms with E-state index in [9.17, 15) is 17.8 Å². The Kier molecular flexibility index (Phi) is 18.5. The van der Waals surface area contributed by atoms with Crippen molar-refractivity contribution < 1.29 is 22.5 Å². The second-order valence-corrected chi connectivity index (χ2v) is 9.55. The molecule has 172 valence electrons. The molecule has 0 radical (unpaired) electrons. The van der Waals surface area contributed by atoms with Crippen LogP contribution in [0.25, 0.3) is 0 Å². The van der Waals surface area contributed by atoms with Gasteiger partial charge in [0.1, 0.15) is 5.25 Å². The fourth-order valence-electron chi connectivity index (χ4n) is 3.21. The van der Waals surface area contributed by atoms with Crippen LogP contribution in [0.2, 0.25) is 0 Å². The predicted octanol–water partition coefficient (Wildman–Crippen LogP) is 6.62. The molecule has 0 aliphatic rings. The molecular formula is C23H44O5S. The van der Waals surface area contributed by atoms with Crippen LogP contribution in [0, 0.1) is 0 Å². The van der Waals surface area contributed by atoms with Gasteiger partial charge in [0.15, 0.2) is 0 Å². The summed E-state index contributed by atoms with van der Waals surface area (Å²) in [6.07, 6.45) is 18.8. The number of carbonyl (C=O) groups excluding carboxylic acids is 1. The highest BCUT2D eigenvalue weighted by molar-refractivity contribution is 7.86. The van der Waals surface area contributed by atoms with Crippen molar-refractivity contribution in [3.63, 3.8) is 0 Å². The molecule has 0 aliphatic heterocycles. The van der Waals surface area contributed by atoms with Crippen molar-refractivity contribution >= 4 is 16.1 Å². The van der Waals surface area contributed by atoms with Crippen molar-refractivity contribution in [3.05, 3.63) is 12.2 Å². The maximum atomic E-state index is 11.6. The number of allylic oxidation sites excluding steroid dienone is 1. The van der Waals surface area contributed by atoms with Gasteiger partial charge in [-0.3, -0.25) is 9.35 Å². The van der Waals surface area contributed by atoms with E-state index in [-0.39, 0.29) is 5.97 Å². The Bertz CT molecular complexity index is 513. The Hall–Kier alpha value is -0.880. The van der Waals surface area contributed by atoms with E-state index in [0.717, 1.165) is 83.5 Å². The molecule has 0 aromatic heterocycles. The molecule has 0 unspecified atom stereocenters. The van der Waals surface area contributed by atoms with Crippen LogP contribution in [-0.4, -0.2) is 30.8 Å². The number of ether oxygens (including phenoxy) is 1. The lowest BCUT2D eigenvalue weighted by molar-refractivity contribution is -0.143. The van der Waals surface area contributed by atoms with Crippen molar-refractivity contribution in [1.29, 1.82) is 0 Å². The molecule has 0 spiro atoms. The molecule has 0 saturated carbocycles. The summed E-state index contributed by atoms with van der Waals surface area (Å²) in [5, 5.41) is -0.771. The summed E-state index contributed by atoms with van der Waals surface area (Å²) in [6, 6.07) is 0. The fourth-order valence-corrected chi connectivity index (χ4v) is 3.99. The molecule has 0 aromatic rings. The van der Waals surface area contributed by atoms with Gasteiger partial charge < -0.3 is 4.74 Å².